The average molecular weight is 645 g/mol. The molecule has 16 heteroatoms. The van der Waals surface area contributed by atoms with Crippen LogP contribution in [0, 0.1) is 0 Å². The van der Waals surface area contributed by atoms with Gasteiger partial charge in [0.25, 0.3) is 8.53 Å². The number of sulfone groups is 1. The van der Waals surface area contributed by atoms with E-state index in [-0.39, 0.29) is 60.9 Å². The van der Waals surface area contributed by atoms with Gasteiger partial charge in [-0.25, -0.2) is 17.9 Å². The summed E-state index contributed by atoms with van der Waals surface area (Å²) in [6.07, 6.45) is -1.17. The fourth-order valence-electron chi connectivity index (χ4n) is 4.93. The van der Waals surface area contributed by atoms with Gasteiger partial charge in [-0.05, 0) is 46.8 Å². The number of carbonyl (C=O) groups is 1. The number of nitrogens with zero attached hydrogens (tertiary/aromatic N) is 4. The zero-order chi connectivity index (χ0) is 32.1. The topological polar surface area (TPSA) is 168 Å². The van der Waals surface area contributed by atoms with E-state index in [9.17, 15) is 18.0 Å². The van der Waals surface area contributed by atoms with E-state index in [4.69, 9.17) is 24.3 Å². The van der Waals surface area contributed by atoms with E-state index in [1.807, 2.05) is 34.6 Å². The lowest BCUT2D eigenvalue weighted by Gasteiger charge is -2.39. The van der Waals surface area contributed by atoms with Crippen molar-refractivity contribution in [2.75, 3.05) is 36.5 Å². The van der Waals surface area contributed by atoms with Crippen LogP contribution in [0.25, 0.3) is 0 Å². The monoisotopic (exact) mass is 644 g/mol. The summed E-state index contributed by atoms with van der Waals surface area (Å²) in [5, 5.41) is 2.50. The molecule has 3 rings (SSSR count). The molecule has 0 spiro atoms. The van der Waals surface area contributed by atoms with E-state index in [2.05, 4.69) is 28.1 Å². The number of anilines is 1. The third-order valence-electron chi connectivity index (χ3n) is 6.88. The molecule has 0 radical (unpaired) electrons. The van der Waals surface area contributed by atoms with Gasteiger partial charge in [0.1, 0.15) is 11.9 Å². The van der Waals surface area contributed by atoms with Crippen LogP contribution in [-0.4, -0.2) is 95.0 Å². The molecule has 2 aliphatic rings. The minimum absolute atomic E-state index is 0.0225. The predicted molar refractivity (Wildman–Crippen MR) is 164 cm³/mol. The first kappa shape index (κ1) is 34.9. The molecule has 1 aromatic heterocycles. The largest absolute Gasteiger partial charge is 0.469 e. The Balaban J connectivity index is 2.01. The summed E-state index contributed by atoms with van der Waals surface area (Å²) in [7, 11) is -4.84. The Morgan fingerprint density at radius 3 is 2.37 bits per heavy atom. The Bertz CT molecular complexity index is 1300. The number of amides is 1. The molecule has 2 saturated heterocycles. The third kappa shape index (κ3) is 9.22. The number of nitrogens with two attached hydrogens (primary N) is 1. The van der Waals surface area contributed by atoms with Crippen LogP contribution in [0.2, 0.25) is 0 Å². The molecule has 43 heavy (non-hydrogen) atoms. The van der Waals surface area contributed by atoms with Crippen molar-refractivity contribution in [3.63, 3.8) is 0 Å². The minimum atomic E-state index is -3.14. The molecule has 1 amide bonds. The van der Waals surface area contributed by atoms with E-state index >= 15 is 0 Å². The van der Waals surface area contributed by atoms with Crippen molar-refractivity contribution >= 4 is 30.1 Å². The van der Waals surface area contributed by atoms with Crippen molar-refractivity contribution in [3.8, 4) is 0 Å². The number of nitrogens with one attached hydrogen (secondary N) is 1. The van der Waals surface area contributed by atoms with Crippen molar-refractivity contribution in [1.82, 2.24) is 19.1 Å². The van der Waals surface area contributed by atoms with Crippen molar-refractivity contribution < 1.29 is 31.7 Å². The Kier molecular flexibility index (Phi) is 12.1. The first-order valence-electron chi connectivity index (χ1n) is 14.3. The Morgan fingerprint density at radius 1 is 1.23 bits per heavy atom. The van der Waals surface area contributed by atoms with Crippen LogP contribution in [0.4, 0.5) is 5.82 Å². The lowest BCUT2D eigenvalue weighted by Crippen LogP contribution is -2.44. The molecule has 1 aromatic rings. The van der Waals surface area contributed by atoms with Crippen LogP contribution >= 0.6 is 8.53 Å². The van der Waals surface area contributed by atoms with Gasteiger partial charge in [0.15, 0.2) is 28.1 Å². The lowest BCUT2D eigenvalue weighted by atomic mass is 10.1. The number of hydrogen-bond donors (Lipinski definition) is 2. The summed E-state index contributed by atoms with van der Waals surface area (Å²) in [6, 6.07) is 1.59. The van der Waals surface area contributed by atoms with Gasteiger partial charge in [0.2, 0.25) is 5.91 Å². The van der Waals surface area contributed by atoms with Gasteiger partial charge >= 0.3 is 5.69 Å². The Morgan fingerprint density at radius 2 is 1.86 bits per heavy atom. The zero-order valence-electron chi connectivity index (χ0n) is 25.8. The Labute approximate surface area is 255 Å². The molecule has 0 bridgehead atoms. The van der Waals surface area contributed by atoms with Crippen LogP contribution in [0.1, 0.15) is 54.2 Å². The number of carbonyl (C=O) groups excluding carboxylic acids is 1. The summed E-state index contributed by atoms with van der Waals surface area (Å²) in [6.45, 7) is 19.7. The molecule has 242 valence electrons. The van der Waals surface area contributed by atoms with Gasteiger partial charge in [-0.2, -0.15) is 4.98 Å². The highest BCUT2D eigenvalue weighted by atomic mass is 32.2. The maximum Gasteiger partial charge on any atom is 0.351 e. The fraction of sp³-hybridized carbons (Fsp3) is 0.667. The van der Waals surface area contributed by atoms with Gasteiger partial charge in [-0.1, -0.05) is 13.5 Å². The summed E-state index contributed by atoms with van der Waals surface area (Å²) in [5.74, 6) is -0.0709. The molecule has 0 saturated carbocycles. The van der Waals surface area contributed by atoms with Crippen LogP contribution in [-0.2, 0) is 33.2 Å². The Hall–Kier alpha value is -2.55. The van der Waals surface area contributed by atoms with Crippen molar-refractivity contribution in [2.24, 2.45) is 5.73 Å². The van der Waals surface area contributed by atoms with E-state index < -0.39 is 48.6 Å². The molecule has 3 heterocycles. The highest BCUT2D eigenvalue weighted by molar-refractivity contribution is 7.91. The van der Waals surface area contributed by atoms with Gasteiger partial charge in [0, 0.05) is 44.0 Å². The highest BCUT2D eigenvalue weighted by Gasteiger charge is 2.50. The fourth-order valence-corrected chi connectivity index (χ4v) is 7.93. The second-order valence-corrected chi connectivity index (χ2v) is 14.8. The molecule has 5 atom stereocenters. The number of rotatable bonds is 14. The second-order valence-electron chi connectivity index (χ2n) is 11.1. The summed E-state index contributed by atoms with van der Waals surface area (Å²) >= 11 is 0. The minimum Gasteiger partial charge on any atom is -0.469 e. The molecule has 2 unspecified atom stereocenters. The molecule has 2 fully saturated rings. The highest BCUT2D eigenvalue weighted by Crippen LogP contribution is 2.51. The van der Waals surface area contributed by atoms with Gasteiger partial charge in [-0.3, -0.25) is 9.36 Å². The molecule has 0 aliphatic carbocycles. The lowest BCUT2D eigenvalue weighted by molar-refractivity contribution is -0.114. The summed E-state index contributed by atoms with van der Waals surface area (Å²) in [5.41, 5.74) is 5.52. The average Bonchev–Trinajstić information content (AvgIpc) is 3.22. The molecule has 2 aliphatic heterocycles. The second kappa shape index (κ2) is 15.0. The van der Waals surface area contributed by atoms with Crippen LogP contribution in [0.3, 0.4) is 0 Å². The molecule has 0 aromatic carbocycles. The molecular weight excluding hydrogens is 599 g/mol. The maximum atomic E-state index is 13.2. The van der Waals surface area contributed by atoms with Crippen molar-refractivity contribution in [2.45, 2.75) is 84.6 Å². The van der Waals surface area contributed by atoms with Crippen LogP contribution < -0.4 is 16.7 Å². The van der Waals surface area contributed by atoms with Crippen molar-refractivity contribution in [3.05, 3.63) is 47.5 Å². The van der Waals surface area contributed by atoms with E-state index in [1.165, 1.54) is 23.8 Å². The zero-order valence-corrected chi connectivity index (χ0v) is 27.5. The smallest absolute Gasteiger partial charge is 0.351 e. The predicted octanol–water partition coefficient (Wildman–Crippen LogP) is 2.32. The molecular formula is C27H45N6O8PS. The third-order valence-corrected chi connectivity index (χ3v) is 10.6. The first-order valence-corrected chi connectivity index (χ1v) is 17.2. The van der Waals surface area contributed by atoms with E-state index in [0.717, 1.165) is 0 Å². The van der Waals surface area contributed by atoms with Gasteiger partial charge in [0.05, 0.1) is 24.2 Å². The quantitative estimate of drug-likeness (QED) is 0.224. The summed E-state index contributed by atoms with van der Waals surface area (Å²) in [4.78, 5) is 30.4. The standard InChI is InChI=1S/C27H45N6O8PS/c1-9-22-24(41-42(38-16-19(6)28)33(17(2)3)18(4)5)25(39-21(8)31-12-14-43(36,37)15-13-31)26(40-22)32-11-10-23(29-20(7)34)30-27(32)35/h10-11,17-18,22,24-26H,6,8-9,12-16,28H2,1-5,7H3,(H,29,30,34,35)/t22-,24+,25?,26-,42?/m1/s1. The maximum absolute atomic E-state index is 13.2. The first-order chi connectivity index (χ1) is 20.1. The van der Waals surface area contributed by atoms with E-state index in [0.29, 0.717) is 12.1 Å². The van der Waals surface area contributed by atoms with E-state index in [1.54, 1.807) is 4.90 Å². The summed E-state index contributed by atoms with van der Waals surface area (Å²) < 4.78 is 53.2. The van der Waals surface area contributed by atoms with Gasteiger partial charge < -0.3 is 34.5 Å². The number of ether oxygens (including phenoxy) is 2. The normalized spacial score (nSPS) is 24.3. The van der Waals surface area contributed by atoms with Crippen LogP contribution in [0.15, 0.2) is 41.8 Å². The molecule has 14 nitrogen and oxygen atoms in total. The SMILES string of the molecule is C=C(N)COP(O[C@@H]1C(OC(=C)N2CCS(=O)(=O)CC2)[C@H](n2ccc(NC(C)=O)nc2=O)O[C@@H]1CC)N(C(C)C)C(C)C. The van der Waals surface area contributed by atoms with Crippen molar-refractivity contribution in [1.29, 1.82) is 0 Å². The number of hydrogen-bond acceptors (Lipinski definition) is 12. The number of aromatic nitrogens is 2. The van der Waals surface area contributed by atoms with Crippen LogP contribution in [0.5, 0.6) is 0 Å². The molecule has 3 N–H and O–H groups in total. The van der Waals surface area contributed by atoms with Gasteiger partial charge in [-0.15, -0.1) is 0 Å².